The van der Waals surface area contributed by atoms with Gasteiger partial charge in [0.1, 0.15) is 11.9 Å². The fraction of sp³-hybridized carbons (Fsp3) is 0.0909. The van der Waals surface area contributed by atoms with Crippen LogP contribution in [-0.2, 0) is 0 Å². The molecule has 0 aliphatic carbocycles. The van der Waals surface area contributed by atoms with E-state index in [9.17, 15) is 14.7 Å². The standard InChI is InChI=1S/C22H19N3O3/c1-14-6-8-16(9-7-14)21(27)24-25-20(15-10-12-17(26)13-11-15)23-19-5-3-2-4-18(19)22(25)28/h2-13,20,23,26H,1H3,(H,24,27). The minimum atomic E-state index is -0.614. The van der Waals surface area contributed by atoms with E-state index in [0.717, 1.165) is 11.1 Å². The minimum absolute atomic E-state index is 0.126. The molecule has 0 saturated heterocycles. The first kappa shape index (κ1) is 17.6. The number of anilines is 1. The second kappa shape index (κ2) is 7.08. The van der Waals surface area contributed by atoms with Gasteiger partial charge in [0.2, 0.25) is 0 Å². The molecule has 140 valence electrons. The number of rotatable bonds is 3. The summed E-state index contributed by atoms with van der Waals surface area (Å²) in [5.41, 5.74) is 6.12. The van der Waals surface area contributed by atoms with Crippen molar-refractivity contribution in [3.63, 3.8) is 0 Å². The molecular weight excluding hydrogens is 354 g/mol. The van der Waals surface area contributed by atoms with Gasteiger partial charge in [-0.2, -0.15) is 0 Å². The lowest BCUT2D eigenvalue weighted by molar-refractivity contribution is 0.0491. The zero-order valence-electron chi connectivity index (χ0n) is 15.2. The molecule has 1 unspecified atom stereocenters. The van der Waals surface area contributed by atoms with Crippen LogP contribution in [0.25, 0.3) is 0 Å². The van der Waals surface area contributed by atoms with E-state index in [1.54, 1.807) is 48.5 Å². The van der Waals surface area contributed by atoms with Gasteiger partial charge in [-0.05, 0) is 48.9 Å². The third-order valence-corrected chi connectivity index (χ3v) is 4.67. The minimum Gasteiger partial charge on any atom is -0.508 e. The molecule has 4 rings (SSSR count). The van der Waals surface area contributed by atoms with Crippen molar-refractivity contribution in [2.45, 2.75) is 13.1 Å². The van der Waals surface area contributed by atoms with E-state index in [0.29, 0.717) is 16.8 Å². The largest absolute Gasteiger partial charge is 0.508 e. The van der Waals surface area contributed by atoms with Crippen molar-refractivity contribution in [1.29, 1.82) is 0 Å². The van der Waals surface area contributed by atoms with Crippen molar-refractivity contribution in [3.8, 4) is 5.75 Å². The molecule has 1 atom stereocenters. The van der Waals surface area contributed by atoms with Gasteiger partial charge in [0.25, 0.3) is 11.8 Å². The number of amides is 2. The molecule has 0 radical (unpaired) electrons. The van der Waals surface area contributed by atoms with Gasteiger partial charge in [-0.1, -0.05) is 42.0 Å². The molecule has 6 nitrogen and oxygen atoms in total. The Bertz CT molecular complexity index is 1030. The molecule has 0 fully saturated rings. The van der Waals surface area contributed by atoms with E-state index in [-0.39, 0.29) is 17.6 Å². The molecule has 1 aliphatic rings. The van der Waals surface area contributed by atoms with Gasteiger partial charge in [-0.3, -0.25) is 15.0 Å². The normalized spacial score (nSPS) is 15.5. The van der Waals surface area contributed by atoms with Gasteiger partial charge in [0.05, 0.1) is 5.56 Å². The number of phenolic OH excluding ortho intramolecular Hbond substituents is 1. The predicted octanol–water partition coefficient (Wildman–Crippen LogP) is 3.61. The van der Waals surface area contributed by atoms with Crippen LogP contribution in [0.1, 0.15) is 38.0 Å². The molecule has 28 heavy (non-hydrogen) atoms. The third kappa shape index (κ3) is 3.27. The number of benzene rings is 3. The molecule has 6 heteroatoms. The first-order chi connectivity index (χ1) is 13.5. The number of para-hydroxylation sites is 1. The van der Waals surface area contributed by atoms with E-state index >= 15 is 0 Å². The number of carbonyl (C=O) groups is 2. The fourth-order valence-corrected chi connectivity index (χ4v) is 3.14. The third-order valence-electron chi connectivity index (χ3n) is 4.67. The number of hydrazine groups is 1. The van der Waals surface area contributed by atoms with Crippen LogP contribution < -0.4 is 10.7 Å². The lowest BCUT2D eigenvalue weighted by atomic mass is 10.0. The van der Waals surface area contributed by atoms with Gasteiger partial charge in [-0.15, -0.1) is 0 Å². The van der Waals surface area contributed by atoms with Crippen LogP contribution in [0.3, 0.4) is 0 Å². The maximum absolute atomic E-state index is 13.1. The lowest BCUT2D eigenvalue weighted by Crippen LogP contribution is -2.52. The number of aryl methyl sites for hydroxylation is 1. The summed E-state index contributed by atoms with van der Waals surface area (Å²) in [7, 11) is 0. The smallest absolute Gasteiger partial charge is 0.276 e. The molecule has 0 saturated carbocycles. The maximum atomic E-state index is 13.1. The maximum Gasteiger partial charge on any atom is 0.276 e. The molecule has 2 amide bonds. The first-order valence-electron chi connectivity index (χ1n) is 8.88. The summed E-state index contributed by atoms with van der Waals surface area (Å²) in [6.45, 7) is 1.94. The molecule has 0 aromatic heterocycles. The average molecular weight is 373 g/mol. The highest BCUT2D eigenvalue weighted by atomic mass is 16.3. The summed E-state index contributed by atoms with van der Waals surface area (Å²) in [5, 5.41) is 14.2. The summed E-state index contributed by atoms with van der Waals surface area (Å²) >= 11 is 0. The van der Waals surface area contributed by atoms with E-state index in [1.165, 1.54) is 5.01 Å². The summed E-state index contributed by atoms with van der Waals surface area (Å²) in [6.07, 6.45) is -0.614. The Labute approximate surface area is 162 Å². The van der Waals surface area contributed by atoms with Crippen molar-refractivity contribution >= 4 is 17.5 Å². The van der Waals surface area contributed by atoms with Crippen LogP contribution in [0.5, 0.6) is 5.75 Å². The molecule has 3 aromatic rings. The van der Waals surface area contributed by atoms with Gasteiger partial charge in [-0.25, -0.2) is 5.01 Å². The Morgan fingerprint density at radius 2 is 1.68 bits per heavy atom. The highest BCUT2D eigenvalue weighted by Gasteiger charge is 2.34. The van der Waals surface area contributed by atoms with Gasteiger partial charge < -0.3 is 10.4 Å². The second-order valence-electron chi connectivity index (χ2n) is 6.67. The Morgan fingerprint density at radius 3 is 2.39 bits per heavy atom. The van der Waals surface area contributed by atoms with Crippen LogP contribution in [0.4, 0.5) is 5.69 Å². The number of hydrogen-bond donors (Lipinski definition) is 3. The molecular formula is C22H19N3O3. The quantitative estimate of drug-likeness (QED) is 0.655. The lowest BCUT2D eigenvalue weighted by Gasteiger charge is -2.37. The topological polar surface area (TPSA) is 81.7 Å². The molecule has 1 aliphatic heterocycles. The van der Waals surface area contributed by atoms with Crippen molar-refractivity contribution in [2.75, 3.05) is 5.32 Å². The zero-order chi connectivity index (χ0) is 19.7. The molecule has 3 N–H and O–H groups in total. The monoisotopic (exact) mass is 373 g/mol. The summed E-state index contributed by atoms with van der Waals surface area (Å²) in [4.78, 5) is 25.9. The first-order valence-corrected chi connectivity index (χ1v) is 8.88. The Morgan fingerprint density at radius 1 is 1.00 bits per heavy atom. The number of phenols is 1. The van der Waals surface area contributed by atoms with E-state index in [1.807, 2.05) is 31.2 Å². The van der Waals surface area contributed by atoms with Crippen molar-refractivity contribution in [2.24, 2.45) is 0 Å². The second-order valence-corrected chi connectivity index (χ2v) is 6.67. The summed E-state index contributed by atoms with van der Waals surface area (Å²) in [6, 6.07) is 20.8. The molecule has 0 spiro atoms. The molecule has 1 heterocycles. The number of nitrogens with one attached hydrogen (secondary N) is 2. The van der Waals surface area contributed by atoms with E-state index in [2.05, 4.69) is 10.7 Å². The predicted molar refractivity (Wildman–Crippen MR) is 106 cm³/mol. The van der Waals surface area contributed by atoms with Crippen LogP contribution in [0.15, 0.2) is 72.8 Å². The fourth-order valence-electron chi connectivity index (χ4n) is 3.14. The Balaban J connectivity index is 1.70. The number of carbonyl (C=O) groups excluding carboxylic acids is 2. The van der Waals surface area contributed by atoms with E-state index in [4.69, 9.17) is 0 Å². The van der Waals surface area contributed by atoms with Crippen LogP contribution in [-0.4, -0.2) is 21.9 Å². The Kier molecular flexibility index (Phi) is 4.45. The average Bonchev–Trinajstić information content (AvgIpc) is 2.71. The van der Waals surface area contributed by atoms with Crippen molar-refractivity contribution in [3.05, 3.63) is 95.1 Å². The summed E-state index contributed by atoms with van der Waals surface area (Å²) in [5.74, 6) is -0.562. The van der Waals surface area contributed by atoms with Gasteiger partial charge >= 0.3 is 0 Å². The number of hydrogen-bond acceptors (Lipinski definition) is 4. The number of aromatic hydroxyl groups is 1. The van der Waals surface area contributed by atoms with Crippen LogP contribution in [0.2, 0.25) is 0 Å². The van der Waals surface area contributed by atoms with E-state index < -0.39 is 6.17 Å². The number of nitrogens with zero attached hydrogens (tertiary/aromatic N) is 1. The molecule has 0 bridgehead atoms. The zero-order valence-corrected chi connectivity index (χ0v) is 15.2. The highest BCUT2D eigenvalue weighted by molar-refractivity contribution is 6.04. The highest BCUT2D eigenvalue weighted by Crippen LogP contribution is 2.32. The van der Waals surface area contributed by atoms with Gasteiger partial charge in [0, 0.05) is 11.3 Å². The van der Waals surface area contributed by atoms with Gasteiger partial charge in [0.15, 0.2) is 0 Å². The van der Waals surface area contributed by atoms with Crippen LogP contribution >= 0.6 is 0 Å². The SMILES string of the molecule is Cc1ccc(C(=O)NN2C(=O)c3ccccc3NC2c2ccc(O)cc2)cc1. The van der Waals surface area contributed by atoms with Crippen molar-refractivity contribution in [1.82, 2.24) is 10.4 Å². The van der Waals surface area contributed by atoms with Crippen LogP contribution in [0, 0.1) is 6.92 Å². The summed E-state index contributed by atoms with van der Waals surface area (Å²) < 4.78 is 0. The van der Waals surface area contributed by atoms with Crippen molar-refractivity contribution < 1.29 is 14.7 Å². The Hall–Kier alpha value is -3.80. The number of fused-ring (bicyclic) bond motifs is 1. The molecule has 3 aromatic carbocycles.